The second-order valence-corrected chi connectivity index (χ2v) is 9.39. The van der Waals surface area contributed by atoms with Gasteiger partial charge in [0.15, 0.2) is 5.82 Å². The van der Waals surface area contributed by atoms with Crippen molar-refractivity contribution in [2.75, 3.05) is 0 Å². The summed E-state index contributed by atoms with van der Waals surface area (Å²) < 4.78 is 43.6. The van der Waals surface area contributed by atoms with Crippen molar-refractivity contribution >= 4 is 34.7 Å². The normalized spacial score (nSPS) is 16.4. The molecule has 2 heterocycles. The fraction of sp³-hybridized carbons (Fsp3) is 0.368. The van der Waals surface area contributed by atoms with E-state index in [2.05, 4.69) is 9.97 Å². The lowest BCUT2D eigenvalue weighted by Crippen LogP contribution is -2.46. The number of ether oxygens (including phenoxy) is 1. The average molecular weight is 455 g/mol. The van der Waals surface area contributed by atoms with E-state index >= 15 is 0 Å². The maximum Gasteiger partial charge on any atom is 0.418 e. The molecular weight excluding hydrogens is 437 g/mol. The van der Waals surface area contributed by atoms with E-state index in [1.54, 1.807) is 20.8 Å². The minimum absolute atomic E-state index is 0.00457. The highest BCUT2D eigenvalue weighted by molar-refractivity contribution is 7.79. The summed E-state index contributed by atoms with van der Waals surface area (Å²) >= 11 is 2.94. The van der Waals surface area contributed by atoms with E-state index in [9.17, 15) is 22.7 Å². The zero-order valence-corrected chi connectivity index (χ0v) is 18.4. The smallest absolute Gasteiger partial charge is 0.418 e. The summed E-state index contributed by atoms with van der Waals surface area (Å²) in [6.45, 7) is 7.98. The lowest BCUT2D eigenvalue weighted by atomic mass is 9.92. The molecule has 1 aliphatic rings. The maximum absolute atomic E-state index is 14.3. The van der Waals surface area contributed by atoms with Gasteiger partial charge in [0.05, 0.1) is 11.7 Å². The van der Waals surface area contributed by atoms with E-state index in [0.717, 1.165) is 11.1 Å². The van der Waals surface area contributed by atoms with Crippen molar-refractivity contribution in [3.63, 3.8) is 0 Å². The topological polar surface area (TPSA) is 113 Å². The Bertz CT molecular complexity index is 1100. The molecule has 0 saturated carbocycles. The second kappa shape index (κ2) is 7.36. The van der Waals surface area contributed by atoms with Gasteiger partial charge < -0.3 is 9.29 Å². The number of carbonyl (C=O) groups excluding carboxylic acids is 2. The first kappa shape index (κ1) is 22.3. The van der Waals surface area contributed by atoms with Crippen LogP contribution in [0.4, 0.5) is 9.18 Å². The quantitative estimate of drug-likeness (QED) is 0.501. The van der Waals surface area contributed by atoms with Crippen LogP contribution in [0.1, 0.15) is 50.5 Å². The lowest BCUT2D eigenvalue weighted by Gasteiger charge is -2.33. The van der Waals surface area contributed by atoms with Crippen molar-refractivity contribution in [1.82, 2.24) is 14.9 Å². The van der Waals surface area contributed by atoms with Crippen molar-refractivity contribution in [3.8, 4) is 11.3 Å². The molecule has 30 heavy (non-hydrogen) atoms. The Morgan fingerprint density at radius 2 is 1.97 bits per heavy atom. The molecule has 2 amide bonds. The van der Waals surface area contributed by atoms with Gasteiger partial charge in [-0.1, -0.05) is 0 Å². The molecule has 0 fully saturated rings. The molecule has 0 N–H and O–H groups in total. The van der Waals surface area contributed by atoms with Crippen LogP contribution in [0.5, 0.6) is 0 Å². The highest BCUT2D eigenvalue weighted by atomic mass is 35.5. The van der Waals surface area contributed by atoms with Crippen molar-refractivity contribution in [2.24, 2.45) is 0 Å². The Hall–Kier alpha value is -2.43. The molecule has 1 aromatic carbocycles. The number of amides is 2. The van der Waals surface area contributed by atoms with E-state index in [1.807, 2.05) is 0 Å². The minimum atomic E-state index is -2.80. The third-order valence-corrected chi connectivity index (χ3v) is 5.31. The zero-order chi connectivity index (χ0) is 22.6. The van der Waals surface area contributed by atoms with Crippen LogP contribution >= 0.6 is 11.6 Å². The van der Waals surface area contributed by atoms with Crippen LogP contribution in [0.15, 0.2) is 23.2 Å². The largest absolute Gasteiger partial charge is 0.768 e. The Morgan fingerprint density at radius 1 is 1.33 bits per heavy atom. The Morgan fingerprint density at radius 3 is 2.53 bits per heavy atom. The van der Waals surface area contributed by atoms with E-state index in [0.29, 0.717) is 0 Å². The van der Waals surface area contributed by atoms with Crippen LogP contribution in [-0.2, 0) is 21.4 Å². The van der Waals surface area contributed by atoms with Crippen molar-refractivity contribution in [3.05, 3.63) is 40.6 Å². The summed E-state index contributed by atoms with van der Waals surface area (Å²) in [7, 11) is 0. The van der Waals surface area contributed by atoms with Crippen LogP contribution in [0, 0.1) is 5.82 Å². The molecule has 0 saturated heterocycles. The van der Waals surface area contributed by atoms with Gasteiger partial charge in [-0.15, -0.1) is 0 Å². The highest BCUT2D eigenvalue weighted by Gasteiger charge is 2.50. The number of aromatic nitrogens is 2. The van der Waals surface area contributed by atoms with Crippen LogP contribution in [0.2, 0.25) is 5.28 Å². The van der Waals surface area contributed by atoms with Gasteiger partial charge in [0.25, 0.3) is 5.91 Å². The van der Waals surface area contributed by atoms with E-state index in [1.165, 1.54) is 26.0 Å². The first-order valence-corrected chi connectivity index (χ1v) is 10.2. The first-order valence-electron chi connectivity index (χ1n) is 8.78. The third kappa shape index (κ3) is 3.82. The number of hydrogen-bond acceptors (Lipinski definition) is 7. The Kier molecular flexibility index (Phi) is 5.46. The molecule has 0 aliphatic carbocycles. The molecule has 1 aliphatic heterocycles. The predicted octanol–water partition coefficient (Wildman–Crippen LogP) is 3.80. The molecule has 0 radical (unpaired) electrons. The number of halogens is 2. The lowest BCUT2D eigenvalue weighted by molar-refractivity contribution is 0.00910. The molecule has 1 aromatic heterocycles. The van der Waals surface area contributed by atoms with Gasteiger partial charge in [-0.3, -0.25) is 9.00 Å². The third-order valence-electron chi connectivity index (χ3n) is 4.45. The van der Waals surface area contributed by atoms with Crippen LogP contribution < -0.4 is 0 Å². The fourth-order valence-electron chi connectivity index (χ4n) is 3.34. The Balaban J connectivity index is 2.24. The van der Waals surface area contributed by atoms with Gasteiger partial charge in [-0.05, 0) is 69.4 Å². The molecule has 0 spiro atoms. The molecule has 0 bridgehead atoms. The number of carbonyl (C=O) groups is 2. The number of nitrogens with zero attached hydrogens (tertiary/aromatic N) is 3. The number of fused-ring (bicyclic) bond motifs is 1. The summed E-state index contributed by atoms with van der Waals surface area (Å²) in [5.74, 6) is -1.62. The number of imide groups is 1. The summed E-state index contributed by atoms with van der Waals surface area (Å²) in [5, 5.41) is -0.251. The maximum atomic E-state index is 14.3. The number of hydrogen-bond donors (Lipinski definition) is 0. The van der Waals surface area contributed by atoms with Crippen LogP contribution in [0.25, 0.3) is 11.3 Å². The monoisotopic (exact) mass is 454 g/mol. The molecular formula is C19H18ClFN3O5S-. The fourth-order valence-corrected chi connectivity index (χ4v) is 4.22. The van der Waals surface area contributed by atoms with E-state index in [-0.39, 0.29) is 32.6 Å². The van der Waals surface area contributed by atoms with Gasteiger partial charge in [0.2, 0.25) is 5.28 Å². The minimum Gasteiger partial charge on any atom is -0.768 e. The summed E-state index contributed by atoms with van der Waals surface area (Å²) in [4.78, 5) is 33.8. The van der Waals surface area contributed by atoms with Gasteiger partial charge in [-0.25, -0.2) is 24.1 Å². The standard InChI is InChI=1S/C19H19ClFN3O5S/c1-18(2,3)29-17(26)24-15(25)10-6-9(14-11(21)8-22-16(20)23-14)7-12(30(27)28)13(10)19(24,4)5/h6-8H,1-5H3,(H,27,28)/p-1. The van der Waals surface area contributed by atoms with Gasteiger partial charge in [0.1, 0.15) is 11.3 Å². The molecule has 11 heteroatoms. The second-order valence-electron chi connectivity index (χ2n) is 8.15. The molecule has 3 rings (SSSR count). The Labute approximate surface area is 179 Å². The van der Waals surface area contributed by atoms with E-state index < -0.39 is 40.0 Å². The van der Waals surface area contributed by atoms with Crippen LogP contribution in [0.3, 0.4) is 0 Å². The number of benzene rings is 1. The molecule has 1 unspecified atom stereocenters. The molecule has 8 nitrogen and oxygen atoms in total. The number of rotatable bonds is 2. The summed E-state index contributed by atoms with van der Waals surface area (Å²) in [6, 6.07) is 2.46. The summed E-state index contributed by atoms with van der Waals surface area (Å²) in [6.07, 6.45) is -0.0843. The van der Waals surface area contributed by atoms with Crippen molar-refractivity contribution < 1.29 is 27.5 Å². The predicted molar refractivity (Wildman–Crippen MR) is 105 cm³/mol. The molecule has 1 atom stereocenters. The molecule has 160 valence electrons. The van der Waals surface area contributed by atoms with Crippen LogP contribution in [-0.4, -0.2) is 41.2 Å². The van der Waals surface area contributed by atoms with Gasteiger partial charge in [-0.2, -0.15) is 0 Å². The average Bonchev–Trinajstić information content (AvgIpc) is 2.80. The summed E-state index contributed by atoms with van der Waals surface area (Å²) in [5.41, 5.74) is -2.44. The molecule has 2 aromatic rings. The van der Waals surface area contributed by atoms with Gasteiger partial charge >= 0.3 is 6.09 Å². The SMILES string of the molecule is CC(C)(C)OC(=O)N1C(=O)c2cc(-c3nc(Cl)ncc3F)cc(S(=O)[O-])c2C1(C)C. The van der Waals surface area contributed by atoms with Gasteiger partial charge in [0, 0.05) is 21.6 Å². The first-order chi connectivity index (χ1) is 13.7. The van der Waals surface area contributed by atoms with E-state index in [4.69, 9.17) is 16.3 Å². The van der Waals surface area contributed by atoms with Crippen molar-refractivity contribution in [2.45, 2.75) is 50.7 Å². The van der Waals surface area contributed by atoms with Crippen molar-refractivity contribution in [1.29, 1.82) is 0 Å². The highest BCUT2D eigenvalue weighted by Crippen LogP contribution is 2.44. The zero-order valence-electron chi connectivity index (χ0n) is 16.8.